The highest BCUT2D eigenvalue weighted by molar-refractivity contribution is 5.33. The van der Waals surface area contributed by atoms with Crippen LogP contribution in [0.15, 0.2) is 24.4 Å². The third kappa shape index (κ3) is 3.98. The predicted molar refractivity (Wildman–Crippen MR) is 69.1 cm³/mol. The molecular formula is C13H21N3O. The average Bonchev–Trinajstić information content (AvgIpc) is 2.83. The lowest BCUT2D eigenvalue weighted by molar-refractivity contribution is 0.159. The Morgan fingerprint density at radius 3 is 3.24 bits per heavy atom. The van der Waals surface area contributed by atoms with E-state index in [0.29, 0.717) is 0 Å². The number of anilines is 1. The smallest absolute Gasteiger partial charge is 0.125 e. The summed E-state index contributed by atoms with van der Waals surface area (Å²) in [5.41, 5.74) is 0. The van der Waals surface area contributed by atoms with E-state index in [2.05, 4.69) is 15.2 Å². The standard InChI is InChI=1S/C13H21N3O/c1-17-9-8-16-7-5-12(11-16)10-15-13-4-2-3-6-14-13/h2-4,6,12H,5,7-11H2,1H3,(H,14,15). The normalized spacial score (nSPS) is 20.6. The molecule has 0 aliphatic carbocycles. The summed E-state index contributed by atoms with van der Waals surface area (Å²) in [6.45, 7) is 5.26. The van der Waals surface area contributed by atoms with Crippen LogP contribution in [0.25, 0.3) is 0 Å². The first-order chi connectivity index (χ1) is 8.38. The summed E-state index contributed by atoms with van der Waals surface area (Å²) < 4.78 is 5.10. The van der Waals surface area contributed by atoms with Gasteiger partial charge < -0.3 is 15.0 Å². The summed E-state index contributed by atoms with van der Waals surface area (Å²) in [6.07, 6.45) is 3.09. The minimum absolute atomic E-state index is 0.730. The lowest BCUT2D eigenvalue weighted by Crippen LogP contribution is -2.26. The zero-order valence-electron chi connectivity index (χ0n) is 10.4. The molecule has 2 heterocycles. The van der Waals surface area contributed by atoms with E-state index in [-0.39, 0.29) is 0 Å². The zero-order chi connectivity index (χ0) is 11.9. The van der Waals surface area contributed by atoms with E-state index in [9.17, 15) is 0 Å². The molecule has 1 aromatic rings. The monoisotopic (exact) mass is 235 g/mol. The molecule has 2 rings (SSSR count). The second-order valence-corrected chi connectivity index (χ2v) is 4.54. The van der Waals surface area contributed by atoms with Crippen molar-refractivity contribution in [2.75, 3.05) is 45.2 Å². The highest BCUT2D eigenvalue weighted by atomic mass is 16.5. The van der Waals surface area contributed by atoms with Crippen molar-refractivity contribution < 1.29 is 4.74 Å². The van der Waals surface area contributed by atoms with Gasteiger partial charge >= 0.3 is 0 Å². The first-order valence-electron chi connectivity index (χ1n) is 6.24. The van der Waals surface area contributed by atoms with E-state index in [1.165, 1.54) is 19.5 Å². The Bertz CT molecular complexity index is 318. The number of nitrogens with one attached hydrogen (secondary N) is 1. The van der Waals surface area contributed by atoms with E-state index < -0.39 is 0 Å². The Morgan fingerprint density at radius 1 is 1.53 bits per heavy atom. The summed E-state index contributed by atoms with van der Waals surface area (Å²) in [5.74, 6) is 1.71. The number of methoxy groups -OCH3 is 1. The van der Waals surface area contributed by atoms with Crippen LogP contribution < -0.4 is 5.32 Å². The largest absolute Gasteiger partial charge is 0.383 e. The van der Waals surface area contributed by atoms with Crippen LogP contribution >= 0.6 is 0 Å². The highest BCUT2D eigenvalue weighted by Crippen LogP contribution is 2.16. The third-order valence-corrected chi connectivity index (χ3v) is 3.22. The fourth-order valence-electron chi connectivity index (χ4n) is 2.22. The van der Waals surface area contributed by atoms with E-state index >= 15 is 0 Å². The third-order valence-electron chi connectivity index (χ3n) is 3.22. The van der Waals surface area contributed by atoms with Crippen molar-refractivity contribution in [3.63, 3.8) is 0 Å². The molecule has 1 fully saturated rings. The van der Waals surface area contributed by atoms with Gasteiger partial charge in [-0.15, -0.1) is 0 Å². The molecule has 17 heavy (non-hydrogen) atoms. The maximum atomic E-state index is 5.10. The number of hydrogen-bond donors (Lipinski definition) is 1. The molecule has 1 saturated heterocycles. The van der Waals surface area contributed by atoms with Gasteiger partial charge in [-0.1, -0.05) is 6.07 Å². The molecule has 1 aliphatic rings. The molecule has 0 radical (unpaired) electrons. The maximum absolute atomic E-state index is 5.10. The van der Waals surface area contributed by atoms with Gasteiger partial charge in [-0.25, -0.2) is 4.98 Å². The van der Waals surface area contributed by atoms with Gasteiger partial charge in [0, 0.05) is 32.9 Å². The van der Waals surface area contributed by atoms with Crippen molar-refractivity contribution in [2.24, 2.45) is 5.92 Å². The molecule has 1 unspecified atom stereocenters. The molecule has 1 N–H and O–H groups in total. The molecular weight excluding hydrogens is 214 g/mol. The van der Waals surface area contributed by atoms with Gasteiger partial charge in [-0.3, -0.25) is 0 Å². The molecule has 94 valence electrons. The molecule has 0 saturated carbocycles. The van der Waals surface area contributed by atoms with Crippen molar-refractivity contribution in [3.05, 3.63) is 24.4 Å². The Kier molecular flexibility index (Phi) is 4.76. The molecule has 1 atom stereocenters. The zero-order valence-corrected chi connectivity index (χ0v) is 10.4. The lowest BCUT2D eigenvalue weighted by Gasteiger charge is -2.15. The quantitative estimate of drug-likeness (QED) is 0.810. The predicted octanol–water partition coefficient (Wildman–Crippen LogP) is 1.46. The van der Waals surface area contributed by atoms with Crippen LogP contribution in [0.4, 0.5) is 5.82 Å². The summed E-state index contributed by atoms with van der Waals surface area (Å²) in [5, 5.41) is 3.39. The summed E-state index contributed by atoms with van der Waals surface area (Å²) in [6, 6.07) is 5.96. The van der Waals surface area contributed by atoms with Gasteiger partial charge in [0.2, 0.25) is 0 Å². The topological polar surface area (TPSA) is 37.4 Å². The van der Waals surface area contributed by atoms with Gasteiger partial charge in [-0.2, -0.15) is 0 Å². The van der Waals surface area contributed by atoms with Crippen LogP contribution in [0.2, 0.25) is 0 Å². The minimum Gasteiger partial charge on any atom is -0.383 e. The SMILES string of the molecule is COCCN1CCC(CNc2ccccn2)C1. The lowest BCUT2D eigenvalue weighted by atomic mass is 10.1. The Labute approximate surface area is 103 Å². The second kappa shape index (κ2) is 6.57. The number of nitrogens with zero attached hydrogens (tertiary/aromatic N) is 2. The average molecular weight is 235 g/mol. The number of hydrogen-bond acceptors (Lipinski definition) is 4. The van der Waals surface area contributed by atoms with Crippen LogP contribution in [0, 0.1) is 5.92 Å². The molecule has 0 aromatic carbocycles. The van der Waals surface area contributed by atoms with Crippen molar-refractivity contribution in [1.29, 1.82) is 0 Å². The van der Waals surface area contributed by atoms with E-state index in [1.54, 1.807) is 7.11 Å². The van der Waals surface area contributed by atoms with E-state index in [4.69, 9.17) is 4.74 Å². The second-order valence-electron chi connectivity index (χ2n) is 4.54. The molecule has 4 heteroatoms. The van der Waals surface area contributed by atoms with Gasteiger partial charge in [0.15, 0.2) is 0 Å². The minimum atomic E-state index is 0.730. The summed E-state index contributed by atoms with van der Waals surface area (Å²) in [4.78, 5) is 6.73. The Hall–Kier alpha value is -1.13. The fourth-order valence-corrected chi connectivity index (χ4v) is 2.22. The van der Waals surface area contributed by atoms with Crippen molar-refractivity contribution in [1.82, 2.24) is 9.88 Å². The first kappa shape index (κ1) is 12.3. The van der Waals surface area contributed by atoms with Gasteiger partial charge in [0.1, 0.15) is 5.82 Å². The van der Waals surface area contributed by atoms with Crippen molar-refractivity contribution in [2.45, 2.75) is 6.42 Å². The van der Waals surface area contributed by atoms with E-state index in [0.717, 1.165) is 31.4 Å². The molecule has 0 amide bonds. The van der Waals surface area contributed by atoms with Crippen LogP contribution in [0.1, 0.15) is 6.42 Å². The number of rotatable bonds is 6. The number of pyridine rings is 1. The molecule has 0 bridgehead atoms. The number of aromatic nitrogens is 1. The summed E-state index contributed by atoms with van der Waals surface area (Å²) >= 11 is 0. The molecule has 4 nitrogen and oxygen atoms in total. The van der Waals surface area contributed by atoms with Gasteiger partial charge in [0.25, 0.3) is 0 Å². The van der Waals surface area contributed by atoms with E-state index in [1.807, 2.05) is 24.4 Å². The Morgan fingerprint density at radius 2 is 2.47 bits per heavy atom. The van der Waals surface area contributed by atoms with Crippen LogP contribution in [-0.4, -0.2) is 49.8 Å². The van der Waals surface area contributed by atoms with Crippen molar-refractivity contribution >= 4 is 5.82 Å². The molecule has 1 aromatic heterocycles. The number of likely N-dealkylation sites (tertiary alicyclic amines) is 1. The Balaban J connectivity index is 1.68. The molecule has 1 aliphatic heterocycles. The number of ether oxygens (including phenoxy) is 1. The van der Waals surface area contributed by atoms with Gasteiger partial charge in [-0.05, 0) is 31.0 Å². The molecule has 0 spiro atoms. The fraction of sp³-hybridized carbons (Fsp3) is 0.615. The first-order valence-corrected chi connectivity index (χ1v) is 6.24. The van der Waals surface area contributed by atoms with Crippen molar-refractivity contribution in [3.8, 4) is 0 Å². The maximum Gasteiger partial charge on any atom is 0.125 e. The van der Waals surface area contributed by atoms with Gasteiger partial charge in [0.05, 0.1) is 6.61 Å². The van der Waals surface area contributed by atoms with Crippen LogP contribution in [0.5, 0.6) is 0 Å². The summed E-state index contributed by atoms with van der Waals surface area (Å²) in [7, 11) is 1.76. The highest BCUT2D eigenvalue weighted by Gasteiger charge is 2.21. The van der Waals surface area contributed by atoms with Crippen LogP contribution in [0.3, 0.4) is 0 Å². The van der Waals surface area contributed by atoms with Crippen LogP contribution in [-0.2, 0) is 4.74 Å².